The Hall–Kier alpha value is -3.02. The number of pyridine rings is 1. The number of hydrogen-bond donors (Lipinski definition) is 3. The predicted octanol–water partition coefficient (Wildman–Crippen LogP) is 5.19. The van der Waals surface area contributed by atoms with Crippen LogP contribution in [0.25, 0.3) is 22.0 Å². The van der Waals surface area contributed by atoms with Gasteiger partial charge in [0.05, 0.1) is 5.52 Å². The number of carbonyl (C=O) groups excluding carboxylic acids is 1. The van der Waals surface area contributed by atoms with E-state index >= 15 is 0 Å². The maximum atomic E-state index is 11.8. The standard InChI is InChI=1S/C18H20N4O2.C2H6/c1-18(2,3)24-17(23)22-16-8-15-14(10-21-16)13(9-20-15)11-4-6-12(19)7-5-11;1-2/h4-10,20H,19H2,1-3H3,(H,21,22,23);1-2H3. The first kappa shape index (κ1) is 19.3. The average Bonchev–Trinajstić information content (AvgIpc) is 2.99. The molecular weight excluding hydrogens is 328 g/mol. The molecule has 0 unspecified atom stereocenters. The van der Waals surface area contributed by atoms with Gasteiger partial charge in [-0.05, 0) is 38.5 Å². The van der Waals surface area contributed by atoms with Crippen molar-refractivity contribution in [1.82, 2.24) is 9.97 Å². The molecule has 138 valence electrons. The van der Waals surface area contributed by atoms with Crippen LogP contribution in [0.1, 0.15) is 34.6 Å². The van der Waals surface area contributed by atoms with E-state index in [4.69, 9.17) is 10.5 Å². The second kappa shape index (κ2) is 7.91. The van der Waals surface area contributed by atoms with E-state index in [0.29, 0.717) is 5.82 Å². The van der Waals surface area contributed by atoms with E-state index in [1.165, 1.54) is 0 Å². The van der Waals surface area contributed by atoms with E-state index in [-0.39, 0.29) is 0 Å². The van der Waals surface area contributed by atoms with Gasteiger partial charge in [-0.2, -0.15) is 0 Å². The summed E-state index contributed by atoms with van der Waals surface area (Å²) in [6, 6.07) is 9.43. The third kappa shape index (κ3) is 4.75. The molecule has 1 aromatic carbocycles. The molecule has 0 radical (unpaired) electrons. The number of nitrogens with two attached hydrogens (primary N) is 1. The maximum Gasteiger partial charge on any atom is 0.413 e. The smallest absolute Gasteiger partial charge is 0.413 e. The normalized spacial score (nSPS) is 10.8. The van der Waals surface area contributed by atoms with Crippen LogP contribution in [0.5, 0.6) is 0 Å². The number of carbonyl (C=O) groups is 1. The van der Waals surface area contributed by atoms with Gasteiger partial charge in [-0.3, -0.25) is 5.32 Å². The molecule has 6 heteroatoms. The van der Waals surface area contributed by atoms with Gasteiger partial charge in [0.25, 0.3) is 0 Å². The molecule has 2 heterocycles. The van der Waals surface area contributed by atoms with Gasteiger partial charge in [0.2, 0.25) is 0 Å². The summed E-state index contributed by atoms with van der Waals surface area (Å²) in [5.74, 6) is 0.433. The highest BCUT2D eigenvalue weighted by Gasteiger charge is 2.17. The molecule has 0 spiro atoms. The Balaban J connectivity index is 0.00000117. The fraction of sp³-hybridized carbons (Fsp3) is 0.300. The molecule has 1 amide bonds. The van der Waals surface area contributed by atoms with Crippen molar-refractivity contribution in [3.05, 3.63) is 42.7 Å². The second-order valence-electron chi connectivity index (χ2n) is 6.57. The van der Waals surface area contributed by atoms with Crippen molar-refractivity contribution in [2.24, 2.45) is 0 Å². The molecule has 0 saturated carbocycles. The van der Waals surface area contributed by atoms with Crippen LogP contribution in [0.15, 0.2) is 42.7 Å². The molecule has 2 aromatic heterocycles. The first-order valence-electron chi connectivity index (χ1n) is 8.65. The zero-order chi connectivity index (χ0) is 19.3. The number of nitrogen functional groups attached to an aromatic ring is 1. The lowest BCUT2D eigenvalue weighted by Crippen LogP contribution is -2.27. The van der Waals surface area contributed by atoms with E-state index in [1.807, 2.05) is 65.1 Å². The SMILES string of the molecule is CC.CC(C)(C)OC(=O)Nc1cc2[nH]cc(-c3ccc(N)cc3)c2cn1. The number of ether oxygens (including phenoxy) is 1. The van der Waals surface area contributed by atoms with Crippen LogP contribution in [0.2, 0.25) is 0 Å². The lowest BCUT2D eigenvalue weighted by Gasteiger charge is -2.19. The third-order valence-corrected chi connectivity index (χ3v) is 3.42. The molecule has 0 atom stereocenters. The number of anilines is 2. The van der Waals surface area contributed by atoms with Gasteiger partial charge >= 0.3 is 6.09 Å². The fourth-order valence-electron chi connectivity index (χ4n) is 2.40. The van der Waals surface area contributed by atoms with E-state index < -0.39 is 11.7 Å². The molecule has 0 aliphatic rings. The summed E-state index contributed by atoms with van der Waals surface area (Å²) in [7, 11) is 0. The Kier molecular flexibility index (Phi) is 5.87. The Morgan fingerprint density at radius 1 is 1.19 bits per heavy atom. The van der Waals surface area contributed by atoms with Crippen molar-refractivity contribution in [3.8, 4) is 11.1 Å². The van der Waals surface area contributed by atoms with Crippen LogP contribution in [-0.4, -0.2) is 21.7 Å². The Labute approximate surface area is 153 Å². The van der Waals surface area contributed by atoms with Crippen molar-refractivity contribution in [2.45, 2.75) is 40.2 Å². The summed E-state index contributed by atoms with van der Waals surface area (Å²) in [6.45, 7) is 9.44. The summed E-state index contributed by atoms with van der Waals surface area (Å²) in [5, 5.41) is 3.61. The highest BCUT2D eigenvalue weighted by Crippen LogP contribution is 2.29. The minimum Gasteiger partial charge on any atom is -0.444 e. The predicted molar refractivity (Wildman–Crippen MR) is 107 cm³/mol. The van der Waals surface area contributed by atoms with Crippen LogP contribution in [0, 0.1) is 0 Å². The monoisotopic (exact) mass is 354 g/mol. The highest BCUT2D eigenvalue weighted by molar-refractivity contribution is 5.97. The lowest BCUT2D eigenvalue weighted by molar-refractivity contribution is 0.0635. The van der Waals surface area contributed by atoms with E-state index in [2.05, 4.69) is 15.3 Å². The third-order valence-electron chi connectivity index (χ3n) is 3.42. The number of fused-ring (bicyclic) bond motifs is 1. The number of amides is 1. The molecular formula is C20H26N4O2. The average molecular weight is 354 g/mol. The van der Waals surface area contributed by atoms with Crippen molar-refractivity contribution in [3.63, 3.8) is 0 Å². The molecule has 4 N–H and O–H groups in total. The van der Waals surface area contributed by atoms with Crippen LogP contribution >= 0.6 is 0 Å². The van der Waals surface area contributed by atoms with Crippen LogP contribution < -0.4 is 11.1 Å². The molecule has 0 bridgehead atoms. The van der Waals surface area contributed by atoms with E-state index in [9.17, 15) is 4.79 Å². The highest BCUT2D eigenvalue weighted by atomic mass is 16.6. The summed E-state index contributed by atoms with van der Waals surface area (Å²) < 4.78 is 5.23. The summed E-state index contributed by atoms with van der Waals surface area (Å²) >= 11 is 0. The van der Waals surface area contributed by atoms with Gasteiger partial charge in [0.1, 0.15) is 11.4 Å². The van der Waals surface area contributed by atoms with Gasteiger partial charge in [-0.15, -0.1) is 0 Å². The minimum absolute atomic E-state index is 0.433. The van der Waals surface area contributed by atoms with Crippen molar-refractivity contribution in [1.29, 1.82) is 0 Å². The largest absolute Gasteiger partial charge is 0.444 e. The Bertz CT molecular complexity index is 877. The number of aromatic nitrogens is 2. The van der Waals surface area contributed by atoms with Gasteiger partial charge in [0.15, 0.2) is 0 Å². The number of aromatic amines is 1. The number of benzene rings is 1. The summed E-state index contributed by atoms with van der Waals surface area (Å²) in [6.07, 6.45) is 3.11. The number of nitrogens with one attached hydrogen (secondary N) is 2. The van der Waals surface area contributed by atoms with Crippen LogP contribution in [-0.2, 0) is 4.74 Å². The minimum atomic E-state index is -0.553. The molecule has 0 fully saturated rings. The molecule has 3 aromatic rings. The zero-order valence-electron chi connectivity index (χ0n) is 15.9. The van der Waals surface area contributed by atoms with E-state index in [1.54, 1.807) is 12.3 Å². The van der Waals surface area contributed by atoms with Crippen molar-refractivity contribution in [2.75, 3.05) is 11.1 Å². The number of rotatable bonds is 2. The van der Waals surface area contributed by atoms with Crippen molar-refractivity contribution < 1.29 is 9.53 Å². The van der Waals surface area contributed by atoms with E-state index in [0.717, 1.165) is 27.7 Å². The maximum absolute atomic E-state index is 11.8. The topological polar surface area (TPSA) is 93.0 Å². The molecule has 6 nitrogen and oxygen atoms in total. The number of H-pyrrole nitrogens is 1. The number of hydrogen-bond acceptors (Lipinski definition) is 4. The molecule has 3 rings (SSSR count). The summed E-state index contributed by atoms with van der Waals surface area (Å²) in [4.78, 5) is 19.3. The van der Waals surface area contributed by atoms with Gasteiger partial charge in [0, 0.05) is 35.1 Å². The Morgan fingerprint density at radius 2 is 1.85 bits per heavy atom. The van der Waals surface area contributed by atoms with Gasteiger partial charge in [-0.1, -0.05) is 26.0 Å². The molecule has 0 saturated heterocycles. The number of nitrogens with zero attached hydrogens (tertiary/aromatic N) is 1. The molecule has 0 aliphatic heterocycles. The summed E-state index contributed by atoms with van der Waals surface area (Å²) in [5.41, 5.74) is 8.85. The molecule has 0 aliphatic carbocycles. The molecule has 26 heavy (non-hydrogen) atoms. The lowest BCUT2D eigenvalue weighted by atomic mass is 10.1. The second-order valence-corrected chi connectivity index (χ2v) is 6.57. The Morgan fingerprint density at radius 3 is 2.46 bits per heavy atom. The first-order valence-corrected chi connectivity index (χ1v) is 8.65. The zero-order valence-corrected chi connectivity index (χ0v) is 15.9. The van der Waals surface area contributed by atoms with Crippen molar-refractivity contribution >= 4 is 28.5 Å². The van der Waals surface area contributed by atoms with Crippen LogP contribution in [0.3, 0.4) is 0 Å². The first-order chi connectivity index (χ1) is 12.3. The van der Waals surface area contributed by atoms with Gasteiger partial charge in [-0.25, -0.2) is 9.78 Å². The van der Waals surface area contributed by atoms with Crippen LogP contribution in [0.4, 0.5) is 16.3 Å². The fourth-order valence-corrected chi connectivity index (χ4v) is 2.40. The van der Waals surface area contributed by atoms with Gasteiger partial charge < -0.3 is 15.5 Å². The quantitative estimate of drug-likeness (QED) is 0.552.